The summed E-state index contributed by atoms with van der Waals surface area (Å²) in [7, 11) is 1.42. The van der Waals surface area contributed by atoms with E-state index < -0.39 is 5.91 Å². The number of nitrogens with one attached hydrogen (secondary N) is 1. The van der Waals surface area contributed by atoms with E-state index in [1.54, 1.807) is 18.2 Å². The van der Waals surface area contributed by atoms with E-state index in [9.17, 15) is 15.0 Å². The number of carbonyl (C=O) groups is 1. The van der Waals surface area contributed by atoms with E-state index in [1.807, 2.05) is 0 Å². The number of hydrazone groups is 1. The average molecular weight is 302 g/mol. The van der Waals surface area contributed by atoms with Crippen LogP contribution >= 0.6 is 0 Å². The summed E-state index contributed by atoms with van der Waals surface area (Å²) in [6.07, 6.45) is 1.24. The second-order valence-corrected chi connectivity index (χ2v) is 4.30. The van der Waals surface area contributed by atoms with Crippen LogP contribution in [0.3, 0.4) is 0 Å². The fraction of sp³-hybridized carbons (Fsp3) is 0.0667. The van der Waals surface area contributed by atoms with Crippen LogP contribution in [0.2, 0.25) is 0 Å². The molecule has 0 unspecified atom stereocenters. The molecule has 4 N–H and O–H groups in total. The van der Waals surface area contributed by atoms with Crippen molar-refractivity contribution in [3.05, 3.63) is 47.5 Å². The third-order valence-corrected chi connectivity index (χ3v) is 2.85. The number of para-hydroxylation sites is 1. The summed E-state index contributed by atoms with van der Waals surface area (Å²) in [5.74, 6) is -0.992. The summed E-state index contributed by atoms with van der Waals surface area (Å²) < 4.78 is 4.95. The summed E-state index contributed by atoms with van der Waals surface area (Å²) in [5.41, 5.74) is 2.53. The summed E-state index contributed by atoms with van der Waals surface area (Å²) in [6.45, 7) is 0. The number of ether oxygens (including phenoxy) is 1. The molecule has 114 valence electrons. The van der Waals surface area contributed by atoms with Crippen LogP contribution < -0.4 is 10.2 Å². The van der Waals surface area contributed by atoms with Gasteiger partial charge >= 0.3 is 0 Å². The van der Waals surface area contributed by atoms with Crippen molar-refractivity contribution in [2.45, 2.75) is 0 Å². The van der Waals surface area contributed by atoms with E-state index in [0.29, 0.717) is 5.56 Å². The second-order valence-electron chi connectivity index (χ2n) is 4.30. The van der Waals surface area contributed by atoms with Crippen LogP contribution in [0.5, 0.6) is 23.0 Å². The zero-order valence-corrected chi connectivity index (χ0v) is 11.6. The van der Waals surface area contributed by atoms with Crippen molar-refractivity contribution in [3.63, 3.8) is 0 Å². The highest BCUT2D eigenvalue weighted by molar-refractivity contribution is 5.97. The van der Waals surface area contributed by atoms with Crippen molar-refractivity contribution in [2.75, 3.05) is 7.11 Å². The maximum absolute atomic E-state index is 11.8. The fourth-order valence-electron chi connectivity index (χ4n) is 1.74. The number of phenols is 3. The van der Waals surface area contributed by atoms with Gasteiger partial charge in [-0.15, -0.1) is 0 Å². The van der Waals surface area contributed by atoms with Crippen LogP contribution in [0.4, 0.5) is 0 Å². The van der Waals surface area contributed by atoms with E-state index in [-0.39, 0.29) is 28.6 Å². The van der Waals surface area contributed by atoms with Crippen LogP contribution in [0, 0.1) is 0 Å². The van der Waals surface area contributed by atoms with E-state index in [0.717, 1.165) is 6.07 Å². The SMILES string of the molecule is COc1cccc(/C=N/NC(=O)c2ccc(O)cc2O)c1O. The van der Waals surface area contributed by atoms with Gasteiger partial charge in [0.15, 0.2) is 11.5 Å². The molecule has 0 heterocycles. The predicted molar refractivity (Wildman–Crippen MR) is 79.5 cm³/mol. The fourth-order valence-corrected chi connectivity index (χ4v) is 1.74. The molecule has 22 heavy (non-hydrogen) atoms. The Balaban J connectivity index is 2.11. The Kier molecular flexibility index (Phi) is 4.47. The Morgan fingerprint density at radius 3 is 2.68 bits per heavy atom. The number of methoxy groups -OCH3 is 1. The van der Waals surface area contributed by atoms with Gasteiger partial charge in [-0.2, -0.15) is 5.10 Å². The molecular weight excluding hydrogens is 288 g/mol. The van der Waals surface area contributed by atoms with E-state index >= 15 is 0 Å². The van der Waals surface area contributed by atoms with E-state index in [2.05, 4.69) is 10.5 Å². The lowest BCUT2D eigenvalue weighted by molar-refractivity contribution is 0.0952. The highest BCUT2D eigenvalue weighted by Crippen LogP contribution is 2.28. The third-order valence-electron chi connectivity index (χ3n) is 2.85. The standard InChI is InChI=1S/C15H14N2O5/c1-22-13-4-2-3-9(14(13)20)8-16-17-15(21)11-6-5-10(18)7-12(11)19/h2-8,18-20H,1H3,(H,17,21)/b16-8+. The molecule has 0 aromatic heterocycles. The Bertz CT molecular complexity index is 728. The minimum atomic E-state index is -0.656. The minimum absolute atomic E-state index is 0.0372. The van der Waals surface area contributed by atoms with Crippen molar-refractivity contribution in [2.24, 2.45) is 5.10 Å². The van der Waals surface area contributed by atoms with E-state index in [1.165, 1.54) is 25.5 Å². The van der Waals surface area contributed by atoms with Crippen molar-refractivity contribution in [3.8, 4) is 23.0 Å². The molecule has 0 radical (unpaired) electrons. The van der Waals surface area contributed by atoms with Crippen LogP contribution in [0.15, 0.2) is 41.5 Å². The number of benzene rings is 2. The summed E-state index contributed by atoms with van der Waals surface area (Å²) in [5, 5.41) is 32.3. The minimum Gasteiger partial charge on any atom is -0.508 e. The molecule has 0 saturated heterocycles. The lowest BCUT2D eigenvalue weighted by atomic mass is 10.2. The van der Waals surface area contributed by atoms with Gasteiger partial charge in [0.05, 0.1) is 18.9 Å². The smallest absolute Gasteiger partial charge is 0.275 e. The number of hydrogen-bond donors (Lipinski definition) is 4. The Morgan fingerprint density at radius 2 is 2.00 bits per heavy atom. The highest BCUT2D eigenvalue weighted by atomic mass is 16.5. The summed E-state index contributed by atoms with van der Waals surface area (Å²) >= 11 is 0. The van der Waals surface area contributed by atoms with Gasteiger partial charge in [-0.3, -0.25) is 4.79 Å². The zero-order chi connectivity index (χ0) is 16.1. The van der Waals surface area contributed by atoms with Crippen molar-refractivity contribution in [1.29, 1.82) is 0 Å². The van der Waals surface area contributed by atoms with Crippen LogP contribution in [0.25, 0.3) is 0 Å². The molecule has 0 saturated carbocycles. The molecule has 0 aliphatic heterocycles. The van der Waals surface area contributed by atoms with Gasteiger partial charge in [0, 0.05) is 11.6 Å². The van der Waals surface area contributed by atoms with Gasteiger partial charge in [0.2, 0.25) is 0 Å². The van der Waals surface area contributed by atoms with Crippen LogP contribution in [-0.2, 0) is 0 Å². The van der Waals surface area contributed by atoms with Gasteiger partial charge in [-0.05, 0) is 24.3 Å². The first-order chi connectivity index (χ1) is 10.5. The van der Waals surface area contributed by atoms with E-state index in [4.69, 9.17) is 9.84 Å². The Hall–Kier alpha value is -3.22. The number of phenolic OH excluding ortho intramolecular Hbond substituents is 3. The lowest BCUT2D eigenvalue weighted by Gasteiger charge is -2.05. The van der Waals surface area contributed by atoms with Gasteiger partial charge in [-0.1, -0.05) is 6.07 Å². The first kappa shape index (κ1) is 15.2. The molecule has 0 bridgehead atoms. The van der Waals surface area contributed by atoms with Crippen molar-refractivity contribution >= 4 is 12.1 Å². The molecule has 7 nitrogen and oxygen atoms in total. The molecule has 2 aromatic carbocycles. The topological polar surface area (TPSA) is 111 Å². The quantitative estimate of drug-likeness (QED) is 0.506. The zero-order valence-electron chi connectivity index (χ0n) is 11.6. The highest BCUT2D eigenvalue weighted by Gasteiger charge is 2.11. The third kappa shape index (κ3) is 3.26. The molecule has 2 rings (SSSR count). The molecule has 0 fully saturated rings. The molecule has 0 atom stereocenters. The molecule has 7 heteroatoms. The lowest BCUT2D eigenvalue weighted by Crippen LogP contribution is -2.17. The number of rotatable bonds is 4. The predicted octanol–water partition coefficient (Wildman–Crippen LogP) is 1.58. The average Bonchev–Trinajstić information content (AvgIpc) is 2.48. The monoisotopic (exact) mass is 302 g/mol. The van der Waals surface area contributed by atoms with Crippen molar-refractivity contribution < 1.29 is 24.9 Å². The van der Waals surface area contributed by atoms with Gasteiger partial charge in [0.1, 0.15) is 11.5 Å². The molecule has 0 aliphatic carbocycles. The first-order valence-corrected chi connectivity index (χ1v) is 6.24. The number of carbonyl (C=O) groups excluding carboxylic acids is 1. The normalized spacial score (nSPS) is 10.6. The summed E-state index contributed by atoms with van der Waals surface area (Å²) in [4.78, 5) is 11.8. The molecule has 1 amide bonds. The Morgan fingerprint density at radius 1 is 1.23 bits per heavy atom. The number of amides is 1. The van der Waals surface area contributed by atoms with Gasteiger partial charge in [-0.25, -0.2) is 5.43 Å². The number of hydrogen-bond acceptors (Lipinski definition) is 6. The molecule has 0 spiro atoms. The molecule has 2 aromatic rings. The van der Waals surface area contributed by atoms with Crippen LogP contribution in [0.1, 0.15) is 15.9 Å². The van der Waals surface area contributed by atoms with Gasteiger partial charge in [0.25, 0.3) is 5.91 Å². The molecular formula is C15H14N2O5. The number of aromatic hydroxyl groups is 3. The first-order valence-electron chi connectivity index (χ1n) is 6.24. The maximum atomic E-state index is 11.8. The largest absolute Gasteiger partial charge is 0.508 e. The Labute approximate surface area is 126 Å². The molecule has 0 aliphatic rings. The van der Waals surface area contributed by atoms with Crippen LogP contribution in [-0.4, -0.2) is 34.6 Å². The van der Waals surface area contributed by atoms with Gasteiger partial charge < -0.3 is 20.1 Å². The number of nitrogens with zero attached hydrogens (tertiary/aromatic N) is 1. The second kappa shape index (κ2) is 6.49. The maximum Gasteiger partial charge on any atom is 0.275 e. The van der Waals surface area contributed by atoms with Crippen molar-refractivity contribution in [1.82, 2.24) is 5.43 Å². The summed E-state index contributed by atoms with van der Waals surface area (Å²) in [6, 6.07) is 8.41.